The summed E-state index contributed by atoms with van der Waals surface area (Å²) in [4.78, 5) is 0. The average Bonchev–Trinajstić information content (AvgIpc) is 1.85. The maximum Gasteiger partial charge on any atom is 0.0269 e. The fourth-order valence-electron chi connectivity index (χ4n) is 1.11. The van der Waals surface area contributed by atoms with Gasteiger partial charge in [-0.3, -0.25) is 0 Å². The molecular formula is C9H22NP. The van der Waals surface area contributed by atoms with Crippen molar-refractivity contribution in [2.45, 2.75) is 57.7 Å². The molecule has 0 aliphatic carbocycles. The van der Waals surface area contributed by atoms with Crippen LogP contribution in [0.1, 0.15) is 52.4 Å². The van der Waals surface area contributed by atoms with Crippen LogP contribution in [0.4, 0.5) is 0 Å². The van der Waals surface area contributed by atoms with Crippen molar-refractivity contribution in [3.05, 3.63) is 0 Å². The zero-order valence-electron chi connectivity index (χ0n) is 7.90. The molecule has 0 heterocycles. The van der Waals surface area contributed by atoms with E-state index >= 15 is 0 Å². The summed E-state index contributed by atoms with van der Waals surface area (Å²) in [5, 5.41) is -0.0355. The lowest BCUT2D eigenvalue weighted by atomic mass is 10.1. The Labute approximate surface area is 73.3 Å². The van der Waals surface area contributed by atoms with E-state index in [-0.39, 0.29) is 5.28 Å². The van der Waals surface area contributed by atoms with Crippen molar-refractivity contribution in [1.82, 2.24) is 0 Å². The molecule has 0 aliphatic heterocycles. The van der Waals surface area contributed by atoms with Crippen LogP contribution in [0.25, 0.3) is 0 Å². The van der Waals surface area contributed by atoms with Crippen LogP contribution in [0.2, 0.25) is 0 Å². The van der Waals surface area contributed by atoms with Gasteiger partial charge in [0.25, 0.3) is 0 Å². The number of hydrogen-bond donors (Lipinski definition) is 1. The molecule has 0 bridgehead atoms. The second-order valence-corrected chi connectivity index (χ2v) is 4.99. The Kier molecular flexibility index (Phi) is 6.18. The second-order valence-electron chi connectivity index (χ2n) is 3.67. The van der Waals surface area contributed by atoms with Gasteiger partial charge in [-0.25, -0.2) is 0 Å². The van der Waals surface area contributed by atoms with Gasteiger partial charge in [-0.2, -0.15) is 0 Å². The molecule has 0 saturated heterocycles. The van der Waals surface area contributed by atoms with Crippen molar-refractivity contribution < 1.29 is 0 Å². The van der Waals surface area contributed by atoms with Gasteiger partial charge in [-0.15, -0.1) is 9.24 Å². The quantitative estimate of drug-likeness (QED) is 0.487. The lowest BCUT2D eigenvalue weighted by molar-refractivity contribution is 0.535. The van der Waals surface area contributed by atoms with E-state index in [0.717, 1.165) is 6.42 Å². The monoisotopic (exact) mass is 175 g/mol. The first-order chi connectivity index (χ1) is 5.06. The molecule has 0 aliphatic rings. The predicted molar refractivity (Wildman–Crippen MR) is 55.7 cm³/mol. The maximum atomic E-state index is 5.81. The largest absolute Gasteiger partial charge is 0.322 e. The third-order valence-electron chi connectivity index (χ3n) is 1.82. The second kappa shape index (κ2) is 5.97. The minimum absolute atomic E-state index is 0.0355. The number of unbranched alkanes of at least 4 members (excludes halogenated alkanes) is 4. The molecule has 0 amide bonds. The molecule has 11 heavy (non-hydrogen) atoms. The van der Waals surface area contributed by atoms with Crippen molar-refractivity contribution in [3.8, 4) is 0 Å². The number of nitrogens with two attached hydrogens (primary N) is 1. The van der Waals surface area contributed by atoms with Gasteiger partial charge in [0.15, 0.2) is 0 Å². The molecule has 2 N–H and O–H groups in total. The van der Waals surface area contributed by atoms with Gasteiger partial charge in [-0.05, 0) is 13.3 Å². The molecule has 0 aromatic rings. The summed E-state index contributed by atoms with van der Waals surface area (Å²) in [5.74, 6) is 0. The summed E-state index contributed by atoms with van der Waals surface area (Å²) in [6, 6.07) is 0. The first-order valence-electron chi connectivity index (χ1n) is 4.64. The predicted octanol–water partition coefficient (Wildman–Crippen LogP) is 2.90. The first-order valence-corrected chi connectivity index (χ1v) is 5.22. The summed E-state index contributed by atoms with van der Waals surface area (Å²) in [5.41, 5.74) is 5.81. The molecule has 0 aromatic heterocycles. The molecule has 0 aromatic carbocycles. The fraction of sp³-hybridized carbons (Fsp3) is 1.00. The Hall–Kier alpha value is 0.390. The van der Waals surface area contributed by atoms with E-state index in [0.29, 0.717) is 0 Å². The van der Waals surface area contributed by atoms with Crippen LogP contribution in [0, 0.1) is 0 Å². The van der Waals surface area contributed by atoms with Crippen molar-refractivity contribution in [2.75, 3.05) is 0 Å². The summed E-state index contributed by atoms with van der Waals surface area (Å²) in [6.45, 7) is 4.31. The molecule has 0 saturated carbocycles. The van der Waals surface area contributed by atoms with Crippen molar-refractivity contribution >= 4 is 9.24 Å². The highest BCUT2D eigenvalue weighted by Crippen LogP contribution is 2.18. The third-order valence-corrected chi connectivity index (χ3v) is 2.11. The van der Waals surface area contributed by atoms with Crippen molar-refractivity contribution in [3.63, 3.8) is 0 Å². The lowest BCUT2D eigenvalue weighted by Gasteiger charge is -2.17. The van der Waals surface area contributed by atoms with E-state index < -0.39 is 0 Å². The molecule has 1 nitrogen and oxygen atoms in total. The highest BCUT2D eigenvalue weighted by Gasteiger charge is 2.08. The topological polar surface area (TPSA) is 26.0 Å². The van der Waals surface area contributed by atoms with E-state index in [1.807, 2.05) is 0 Å². The Bertz CT molecular complexity index is 86.1. The standard InChI is InChI=1S/C9H22NP/c1-3-4-5-6-7-8-9(2,10)11/h3-8,10-11H2,1-2H3. The molecule has 2 heteroatoms. The van der Waals surface area contributed by atoms with Gasteiger partial charge >= 0.3 is 0 Å². The molecule has 2 atom stereocenters. The summed E-state index contributed by atoms with van der Waals surface area (Å²) < 4.78 is 0. The summed E-state index contributed by atoms with van der Waals surface area (Å²) in [7, 11) is 2.69. The molecule has 0 fully saturated rings. The van der Waals surface area contributed by atoms with E-state index in [2.05, 4.69) is 23.1 Å². The molecule has 0 rings (SSSR count). The van der Waals surface area contributed by atoms with Gasteiger partial charge in [-0.1, -0.05) is 39.0 Å². The van der Waals surface area contributed by atoms with E-state index in [1.54, 1.807) is 0 Å². The van der Waals surface area contributed by atoms with Crippen LogP contribution in [0.3, 0.4) is 0 Å². The molecule has 0 radical (unpaired) electrons. The highest BCUT2D eigenvalue weighted by atomic mass is 31.0. The average molecular weight is 175 g/mol. The van der Waals surface area contributed by atoms with Crippen molar-refractivity contribution in [2.24, 2.45) is 5.73 Å². The van der Waals surface area contributed by atoms with Gasteiger partial charge in [0.2, 0.25) is 0 Å². The van der Waals surface area contributed by atoms with E-state index in [4.69, 9.17) is 5.73 Å². The fourth-order valence-corrected chi connectivity index (χ4v) is 1.31. The zero-order chi connectivity index (χ0) is 8.74. The maximum absolute atomic E-state index is 5.81. The van der Waals surface area contributed by atoms with Crippen LogP contribution in [-0.4, -0.2) is 5.28 Å². The van der Waals surface area contributed by atoms with Gasteiger partial charge in [0.05, 0.1) is 0 Å². The molecule has 0 spiro atoms. The van der Waals surface area contributed by atoms with Crippen molar-refractivity contribution in [1.29, 1.82) is 0 Å². The zero-order valence-corrected chi connectivity index (χ0v) is 9.05. The van der Waals surface area contributed by atoms with E-state index in [9.17, 15) is 0 Å². The first kappa shape index (κ1) is 11.4. The third kappa shape index (κ3) is 10.4. The molecule has 68 valence electrons. The minimum Gasteiger partial charge on any atom is -0.322 e. The Morgan fingerprint density at radius 1 is 1.18 bits per heavy atom. The Balaban J connectivity index is 3.02. The van der Waals surface area contributed by atoms with E-state index in [1.165, 1.54) is 32.1 Å². The number of rotatable bonds is 6. The SMILES string of the molecule is CCCCCCCC(C)(N)P. The smallest absolute Gasteiger partial charge is 0.0269 e. The Morgan fingerprint density at radius 3 is 2.18 bits per heavy atom. The normalized spacial score (nSPS) is 16.4. The minimum atomic E-state index is -0.0355. The Morgan fingerprint density at radius 2 is 1.73 bits per heavy atom. The van der Waals surface area contributed by atoms with Gasteiger partial charge < -0.3 is 5.73 Å². The summed E-state index contributed by atoms with van der Waals surface area (Å²) in [6.07, 6.45) is 7.81. The molecule has 2 unspecified atom stereocenters. The van der Waals surface area contributed by atoms with Gasteiger partial charge in [0.1, 0.15) is 0 Å². The van der Waals surface area contributed by atoms with Gasteiger partial charge in [0, 0.05) is 5.28 Å². The van der Waals surface area contributed by atoms with Crippen LogP contribution in [0.15, 0.2) is 0 Å². The number of hydrogen-bond acceptors (Lipinski definition) is 1. The molecular weight excluding hydrogens is 153 g/mol. The van der Waals surface area contributed by atoms with Crippen LogP contribution in [-0.2, 0) is 0 Å². The van der Waals surface area contributed by atoms with Crippen LogP contribution in [0.5, 0.6) is 0 Å². The van der Waals surface area contributed by atoms with Crippen LogP contribution >= 0.6 is 9.24 Å². The summed E-state index contributed by atoms with van der Waals surface area (Å²) >= 11 is 0. The highest BCUT2D eigenvalue weighted by molar-refractivity contribution is 7.18. The van der Waals surface area contributed by atoms with Crippen LogP contribution < -0.4 is 5.73 Å². The lowest BCUT2D eigenvalue weighted by Crippen LogP contribution is -2.27.